The normalized spacial score (nSPS) is 19.0. The molecular weight excluding hydrogens is 336 g/mol. The fourth-order valence-corrected chi connectivity index (χ4v) is 4.42. The summed E-state index contributed by atoms with van der Waals surface area (Å²) in [7, 11) is 0. The summed E-state index contributed by atoms with van der Waals surface area (Å²) >= 11 is 1.42. The molecule has 3 rings (SSSR count). The van der Waals surface area contributed by atoms with Crippen molar-refractivity contribution in [3.63, 3.8) is 0 Å². The summed E-state index contributed by atoms with van der Waals surface area (Å²) < 4.78 is 0. The topological polar surface area (TPSA) is 57.7 Å². The molecule has 2 fully saturated rings. The van der Waals surface area contributed by atoms with E-state index in [1.54, 1.807) is 11.0 Å². The highest BCUT2D eigenvalue weighted by Crippen LogP contribution is 2.26. The molecule has 136 valence electrons. The van der Waals surface area contributed by atoms with E-state index in [1.165, 1.54) is 17.8 Å². The Bertz CT molecular complexity index is 600. The molecule has 0 atom stereocenters. The van der Waals surface area contributed by atoms with Crippen LogP contribution in [0.15, 0.2) is 17.5 Å². The molecule has 0 radical (unpaired) electrons. The van der Waals surface area contributed by atoms with Crippen LogP contribution in [0.4, 0.5) is 0 Å². The molecule has 0 N–H and O–H groups in total. The third kappa shape index (κ3) is 4.69. The van der Waals surface area contributed by atoms with Crippen LogP contribution < -0.4 is 0 Å². The number of thiophene rings is 1. The molecule has 2 amide bonds. The summed E-state index contributed by atoms with van der Waals surface area (Å²) in [6, 6.07) is 3.65. The molecule has 6 heteroatoms. The standard InChI is InChI=1S/C19H26N2O3S/c22-16(17-7-4-14-25-17)8-9-18(23)20-10-12-21(13-11-20)19(24)15-5-2-1-3-6-15/h4,7,14-15H,1-3,5-6,8-13H2. The van der Waals surface area contributed by atoms with Gasteiger partial charge in [0.1, 0.15) is 0 Å². The van der Waals surface area contributed by atoms with Crippen molar-refractivity contribution in [1.82, 2.24) is 9.80 Å². The number of nitrogens with zero attached hydrogens (tertiary/aromatic N) is 2. The van der Waals surface area contributed by atoms with Crippen LogP contribution in [0.25, 0.3) is 0 Å². The molecule has 0 unspecified atom stereocenters. The summed E-state index contributed by atoms with van der Waals surface area (Å²) in [5.74, 6) is 0.531. The molecule has 5 nitrogen and oxygen atoms in total. The van der Waals surface area contributed by atoms with E-state index in [-0.39, 0.29) is 36.4 Å². The highest BCUT2D eigenvalue weighted by Gasteiger charge is 2.29. The minimum atomic E-state index is 0.0228. The molecule has 1 aliphatic carbocycles. The van der Waals surface area contributed by atoms with Crippen molar-refractivity contribution in [3.05, 3.63) is 22.4 Å². The Morgan fingerprint density at radius 3 is 2.28 bits per heavy atom. The third-order valence-corrected chi connectivity index (χ3v) is 6.17. The number of Topliss-reactive ketones (excluding diaryl/α,β-unsaturated/α-hetero) is 1. The van der Waals surface area contributed by atoms with E-state index in [9.17, 15) is 14.4 Å². The van der Waals surface area contributed by atoms with E-state index in [0.717, 1.165) is 30.6 Å². The Kier molecular flexibility index (Phi) is 6.24. The molecule has 1 aliphatic heterocycles. The predicted molar refractivity (Wildman–Crippen MR) is 97.6 cm³/mol. The lowest BCUT2D eigenvalue weighted by atomic mass is 9.88. The number of ketones is 1. The predicted octanol–water partition coefficient (Wildman–Crippen LogP) is 2.96. The maximum Gasteiger partial charge on any atom is 0.225 e. The van der Waals surface area contributed by atoms with Crippen LogP contribution in [0, 0.1) is 5.92 Å². The van der Waals surface area contributed by atoms with Gasteiger partial charge in [-0.25, -0.2) is 0 Å². The highest BCUT2D eigenvalue weighted by molar-refractivity contribution is 7.12. The average Bonchev–Trinajstić information content (AvgIpc) is 3.21. The van der Waals surface area contributed by atoms with E-state index in [1.807, 2.05) is 16.3 Å². The molecule has 0 aromatic carbocycles. The third-order valence-electron chi connectivity index (χ3n) is 5.26. The van der Waals surface area contributed by atoms with Gasteiger partial charge in [0.15, 0.2) is 5.78 Å². The maximum atomic E-state index is 12.6. The van der Waals surface area contributed by atoms with Gasteiger partial charge in [-0.2, -0.15) is 0 Å². The highest BCUT2D eigenvalue weighted by atomic mass is 32.1. The van der Waals surface area contributed by atoms with Gasteiger partial charge < -0.3 is 9.80 Å². The van der Waals surface area contributed by atoms with Crippen LogP contribution in [0.3, 0.4) is 0 Å². The Morgan fingerprint density at radius 2 is 1.64 bits per heavy atom. The molecule has 0 bridgehead atoms. The zero-order valence-electron chi connectivity index (χ0n) is 14.6. The Balaban J connectivity index is 1.41. The second-order valence-electron chi connectivity index (χ2n) is 6.94. The molecule has 2 aliphatic rings. The fraction of sp³-hybridized carbons (Fsp3) is 0.632. The Labute approximate surface area is 153 Å². The Hall–Kier alpha value is -1.69. The lowest BCUT2D eigenvalue weighted by molar-refractivity contribution is -0.142. The smallest absolute Gasteiger partial charge is 0.225 e. The number of hydrogen-bond donors (Lipinski definition) is 0. The summed E-state index contributed by atoms with van der Waals surface area (Å²) in [5, 5.41) is 1.87. The van der Waals surface area contributed by atoms with Crippen LogP contribution in [0.2, 0.25) is 0 Å². The first-order valence-electron chi connectivity index (χ1n) is 9.28. The zero-order valence-corrected chi connectivity index (χ0v) is 15.4. The van der Waals surface area contributed by atoms with Crippen LogP contribution >= 0.6 is 11.3 Å². The minimum absolute atomic E-state index is 0.0228. The molecule has 1 saturated carbocycles. The van der Waals surface area contributed by atoms with Crippen LogP contribution in [-0.2, 0) is 9.59 Å². The summed E-state index contributed by atoms with van der Waals surface area (Å²) in [6.07, 6.45) is 6.12. The van der Waals surface area contributed by atoms with Crippen molar-refractivity contribution in [2.75, 3.05) is 26.2 Å². The summed E-state index contributed by atoms with van der Waals surface area (Å²) in [6.45, 7) is 2.43. The molecular formula is C19H26N2O3S. The molecule has 1 aromatic heterocycles. The lowest BCUT2D eigenvalue weighted by Crippen LogP contribution is -2.52. The van der Waals surface area contributed by atoms with Gasteiger partial charge in [0.25, 0.3) is 0 Å². The van der Waals surface area contributed by atoms with Crippen molar-refractivity contribution < 1.29 is 14.4 Å². The van der Waals surface area contributed by atoms with E-state index >= 15 is 0 Å². The van der Waals surface area contributed by atoms with Gasteiger partial charge in [0.05, 0.1) is 4.88 Å². The molecule has 1 aromatic rings. The number of rotatable bonds is 5. The van der Waals surface area contributed by atoms with Gasteiger partial charge in [-0.15, -0.1) is 11.3 Å². The van der Waals surface area contributed by atoms with Crippen molar-refractivity contribution >= 4 is 28.9 Å². The fourth-order valence-electron chi connectivity index (χ4n) is 3.72. The SMILES string of the molecule is O=C(CCC(=O)N1CCN(C(=O)C2CCCCC2)CC1)c1cccs1. The van der Waals surface area contributed by atoms with Crippen LogP contribution in [-0.4, -0.2) is 53.6 Å². The van der Waals surface area contributed by atoms with Crippen molar-refractivity contribution in [3.8, 4) is 0 Å². The van der Waals surface area contributed by atoms with Crippen LogP contribution in [0.5, 0.6) is 0 Å². The second kappa shape index (κ2) is 8.61. The molecule has 0 spiro atoms. The zero-order chi connectivity index (χ0) is 17.6. The van der Waals surface area contributed by atoms with Gasteiger partial charge in [-0.05, 0) is 24.3 Å². The monoisotopic (exact) mass is 362 g/mol. The van der Waals surface area contributed by atoms with E-state index in [0.29, 0.717) is 26.2 Å². The lowest BCUT2D eigenvalue weighted by Gasteiger charge is -2.37. The number of carbonyl (C=O) groups excluding carboxylic acids is 3. The van der Waals surface area contributed by atoms with Gasteiger partial charge in [-0.3, -0.25) is 14.4 Å². The van der Waals surface area contributed by atoms with E-state index in [4.69, 9.17) is 0 Å². The van der Waals surface area contributed by atoms with Crippen LogP contribution in [0.1, 0.15) is 54.6 Å². The van der Waals surface area contributed by atoms with E-state index < -0.39 is 0 Å². The number of amides is 2. The van der Waals surface area contributed by atoms with E-state index in [2.05, 4.69) is 0 Å². The largest absolute Gasteiger partial charge is 0.339 e. The minimum Gasteiger partial charge on any atom is -0.339 e. The maximum absolute atomic E-state index is 12.6. The number of carbonyl (C=O) groups is 3. The number of piperazine rings is 1. The first kappa shape index (κ1) is 18.1. The van der Waals surface area contributed by atoms with Gasteiger partial charge in [0.2, 0.25) is 11.8 Å². The summed E-state index contributed by atoms with van der Waals surface area (Å²) in [4.78, 5) is 41.3. The van der Waals surface area contributed by atoms with Crippen molar-refractivity contribution in [1.29, 1.82) is 0 Å². The van der Waals surface area contributed by atoms with Gasteiger partial charge in [-0.1, -0.05) is 25.3 Å². The first-order chi connectivity index (χ1) is 12.1. The van der Waals surface area contributed by atoms with Gasteiger partial charge in [0, 0.05) is 44.9 Å². The molecule has 2 heterocycles. The van der Waals surface area contributed by atoms with Crippen molar-refractivity contribution in [2.45, 2.75) is 44.9 Å². The average molecular weight is 362 g/mol. The quantitative estimate of drug-likeness (QED) is 0.757. The molecule has 25 heavy (non-hydrogen) atoms. The Morgan fingerprint density at radius 1 is 0.960 bits per heavy atom. The second-order valence-corrected chi connectivity index (χ2v) is 7.89. The number of hydrogen-bond acceptors (Lipinski definition) is 4. The first-order valence-corrected chi connectivity index (χ1v) is 10.2. The van der Waals surface area contributed by atoms with Gasteiger partial charge >= 0.3 is 0 Å². The molecule has 1 saturated heterocycles. The van der Waals surface area contributed by atoms with Crippen molar-refractivity contribution in [2.24, 2.45) is 5.92 Å². The summed E-state index contributed by atoms with van der Waals surface area (Å²) in [5.41, 5.74) is 0.